The van der Waals surface area contributed by atoms with E-state index in [2.05, 4.69) is 157 Å². The van der Waals surface area contributed by atoms with Gasteiger partial charge in [0.2, 0.25) is 0 Å². The molecule has 3 aromatic heterocycles. The van der Waals surface area contributed by atoms with Gasteiger partial charge in [-0.05, 0) is 51.4 Å². The Kier molecular flexibility index (Phi) is 20.7. The number of hydrogen-bond donors (Lipinski definition) is 1. The molecule has 0 amide bonds. The van der Waals surface area contributed by atoms with Gasteiger partial charge in [0.15, 0.2) is 23.3 Å². The van der Waals surface area contributed by atoms with Crippen LogP contribution in [0, 0.1) is 0 Å². The number of aryl methyl sites for hydroxylation is 1. The van der Waals surface area contributed by atoms with Crippen LogP contribution in [0.3, 0.4) is 0 Å². The molecule has 16 nitrogen and oxygen atoms in total. The maximum Gasteiger partial charge on any atom is 0.168 e. The summed E-state index contributed by atoms with van der Waals surface area (Å²) in [5.74, 6) is 6.60. The molecule has 8 bridgehead atoms. The largest absolute Gasteiger partial charge is 0.492 e. The number of aromatic nitrogens is 8. The molecule has 0 spiro atoms. The summed E-state index contributed by atoms with van der Waals surface area (Å²) in [6.07, 6.45) is 14.0. The van der Waals surface area contributed by atoms with Crippen molar-refractivity contribution in [3.05, 3.63) is 97.1 Å². The summed E-state index contributed by atoms with van der Waals surface area (Å²) < 4.78 is 59.5. The molecular weight excluding hydrogens is 1210 g/mol. The van der Waals surface area contributed by atoms with Crippen LogP contribution in [0.4, 0.5) is 0 Å². The third-order valence-electron chi connectivity index (χ3n) is 18.4. The van der Waals surface area contributed by atoms with E-state index in [-0.39, 0.29) is 0 Å². The molecule has 2 aliphatic rings. The molecular formula is C81H92N8O8. The molecule has 13 rings (SSSR count). The van der Waals surface area contributed by atoms with Gasteiger partial charge in [-0.25, -0.2) is 29.9 Å². The van der Waals surface area contributed by atoms with Gasteiger partial charge in [-0.3, -0.25) is 0 Å². The Morgan fingerprint density at radius 2 is 0.474 bits per heavy atom. The molecule has 1 N–H and O–H groups in total. The number of H-pyrrole nitrogens is 1. The van der Waals surface area contributed by atoms with Gasteiger partial charge in [0.25, 0.3) is 0 Å². The van der Waals surface area contributed by atoms with Crippen LogP contribution in [0.2, 0.25) is 0 Å². The van der Waals surface area contributed by atoms with E-state index in [4.69, 9.17) is 67.8 Å². The van der Waals surface area contributed by atoms with Crippen molar-refractivity contribution in [2.75, 3.05) is 52.9 Å². The highest BCUT2D eigenvalue weighted by Gasteiger charge is 2.36. The lowest BCUT2D eigenvalue weighted by Gasteiger charge is -2.19. The van der Waals surface area contributed by atoms with Crippen LogP contribution in [0.15, 0.2) is 97.1 Å². The molecule has 16 heteroatoms. The number of benzene rings is 8. The second-order valence-corrected chi connectivity index (χ2v) is 25.4. The quantitative estimate of drug-likeness (QED) is 0.0395. The highest BCUT2D eigenvalue weighted by molar-refractivity contribution is 6.23. The fourth-order valence-electron chi connectivity index (χ4n) is 13.2. The van der Waals surface area contributed by atoms with Gasteiger partial charge in [-0.2, -0.15) is 0 Å². The Morgan fingerprint density at radius 1 is 0.268 bits per heavy atom. The number of aromatic amines is 1. The first kappa shape index (κ1) is 66.2. The van der Waals surface area contributed by atoms with Gasteiger partial charge in [-0.15, -0.1) is 0 Å². The van der Waals surface area contributed by atoms with Gasteiger partial charge in [-0.1, -0.05) is 204 Å². The lowest BCUT2D eigenvalue weighted by atomic mass is 9.97. The number of nitrogens with one attached hydrogen (secondary N) is 1. The van der Waals surface area contributed by atoms with E-state index in [1.165, 1.54) is 0 Å². The summed E-state index contributed by atoms with van der Waals surface area (Å²) in [6.45, 7) is 21.0. The Hall–Kier alpha value is -9.44. The van der Waals surface area contributed by atoms with Crippen molar-refractivity contribution in [2.24, 2.45) is 7.05 Å². The Labute approximate surface area is 568 Å². The molecule has 11 aromatic rings. The summed E-state index contributed by atoms with van der Waals surface area (Å²) in [7, 11) is 2.02. The van der Waals surface area contributed by atoms with Crippen LogP contribution in [0.25, 0.3) is 133 Å². The minimum Gasteiger partial charge on any atom is -0.492 e. The first-order chi connectivity index (χ1) is 47.8. The normalized spacial score (nSPS) is 11.9. The molecule has 8 aromatic carbocycles. The standard InChI is InChI=1S/C81H92N8O8/c1-10-18-42-90-66-50-34-26-27-35-51(50)67(91-43-19-11-2)59-58(66)74-82-75(59)84-77-61-63(71(95-47-23-15-6)55-39-31-29-37-53(55)69(61)93-45-21-13-4)79(86-77)88-81-65-64(72(96-48-24-16-7)56-40-32-33-41-57(56)73(65)97-49-25-17-8)80(89(81)9)87-78-62-60(76(83-74)85-78)68(92-44-20-12-3)52-36-28-30-38-54(52)70(62)94-46-22-14-5/h26-41H,10-25,42-49H2,1-9H3,(H,82,83,84,85,86,87,88). The smallest absolute Gasteiger partial charge is 0.168 e. The first-order valence-corrected chi connectivity index (χ1v) is 36.0. The maximum absolute atomic E-state index is 7.21. The zero-order valence-corrected chi connectivity index (χ0v) is 58.1. The van der Waals surface area contributed by atoms with Crippen LogP contribution < -0.4 is 37.9 Å². The summed E-state index contributed by atoms with van der Waals surface area (Å²) in [4.78, 5) is 39.0. The zero-order chi connectivity index (χ0) is 66.9. The van der Waals surface area contributed by atoms with Crippen molar-refractivity contribution in [1.29, 1.82) is 0 Å². The molecule has 0 unspecified atom stereocenters. The summed E-state index contributed by atoms with van der Waals surface area (Å²) in [5, 5.41) is 9.78. The number of rotatable bonds is 32. The van der Waals surface area contributed by atoms with Crippen LogP contribution in [-0.2, 0) is 7.05 Å². The van der Waals surface area contributed by atoms with Crippen molar-refractivity contribution >= 4 is 87.2 Å². The minimum absolute atomic E-state index is 0.359. The van der Waals surface area contributed by atoms with E-state index < -0.39 is 0 Å². The van der Waals surface area contributed by atoms with Crippen molar-refractivity contribution < 1.29 is 37.9 Å². The molecule has 0 fully saturated rings. The predicted molar refractivity (Wildman–Crippen MR) is 394 cm³/mol. The maximum atomic E-state index is 7.21. The number of fused-ring (bicyclic) bond motifs is 24. The van der Waals surface area contributed by atoms with Gasteiger partial charge < -0.3 is 47.4 Å². The van der Waals surface area contributed by atoms with Gasteiger partial charge in [0.05, 0.1) is 96.7 Å². The van der Waals surface area contributed by atoms with Crippen LogP contribution in [0.5, 0.6) is 46.0 Å². The van der Waals surface area contributed by atoms with Crippen molar-refractivity contribution in [2.45, 2.75) is 158 Å². The average Bonchev–Trinajstić information content (AvgIpc) is 1.58. The van der Waals surface area contributed by atoms with E-state index >= 15 is 0 Å². The number of hydrogen-bond acceptors (Lipinski definition) is 14. The van der Waals surface area contributed by atoms with E-state index in [0.717, 1.165) is 146 Å². The van der Waals surface area contributed by atoms with Crippen molar-refractivity contribution in [3.63, 3.8) is 0 Å². The molecule has 0 aliphatic carbocycles. The van der Waals surface area contributed by atoms with Gasteiger partial charge in [0.1, 0.15) is 68.6 Å². The van der Waals surface area contributed by atoms with E-state index in [1.54, 1.807) is 0 Å². The SMILES string of the molecule is CCCCOc1c2c(c(OCCCC)c3ccccc13)-c1nc-2nc2[nH]c(nc3nc(nc4c5c(OCCCC)c6ccccc6c(OCCCC)c5c(n1)n4C)-c1c-3c(OCCCC)c3ccccc3c1OCCCC)c1c(OCCCC)c3ccccc3c(OCCCC)c21. The minimum atomic E-state index is 0.359. The Bertz CT molecular complexity index is 4590. The monoisotopic (exact) mass is 1300 g/mol. The highest BCUT2D eigenvalue weighted by atomic mass is 16.5. The highest BCUT2D eigenvalue weighted by Crippen LogP contribution is 2.56. The van der Waals surface area contributed by atoms with E-state index in [1.807, 2.05) is 11.6 Å². The molecule has 2 aliphatic heterocycles. The lowest BCUT2D eigenvalue weighted by molar-refractivity contribution is 0.308. The third-order valence-corrected chi connectivity index (χ3v) is 18.4. The molecule has 0 radical (unpaired) electrons. The van der Waals surface area contributed by atoms with Gasteiger partial charge >= 0.3 is 0 Å². The molecule has 0 saturated heterocycles. The summed E-state index contributed by atoms with van der Waals surface area (Å²) in [6, 6.07) is 33.3. The first-order valence-electron chi connectivity index (χ1n) is 36.0. The molecule has 0 atom stereocenters. The van der Waals surface area contributed by atoms with E-state index in [0.29, 0.717) is 189 Å². The number of ether oxygens (including phenoxy) is 8. The van der Waals surface area contributed by atoms with E-state index in [9.17, 15) is 0 Å². The summed E-state index contributed by atoms with van der Waals surface area (Å²) >= 11 is 0. The number of nitrogens with zero attached hydrogens (tertiary/aromatic N) is 7. The second-order valence-electron chi connectivity index (χ2n) is 25.4. The molecule has 5 heterocycles. The second kappa shape index (κ2) is 30.3. The predicted octanol–water partition coefficient (Wildman–Crippen LogP) is 20.9. The average molecular weight is 1310 g/mol. The third kappa shape index (κ3) is 12.5. The van der Waals surface area contributed by atoms with Crippen molar-refractivity contribution in [3.8, 4) is 91.5 Å². The zero-order valence-electron chi connectivity index (χ0n) is 58.1. The topological polar surface area (TPSA) is 172 Å². The lowest BCUT2D eigenvalue weighted by Crippen LogP contribution is -2.04. The van der Waals surface area contributed by atoms with Crippen LogP contribution in [0.1, 0.15) is 158 Å². The Morgan fingerprint density at radius 3 is 0.711 bits per heavy atom. The molecule has 97 heavy (non-hydrogen) atoms. The fourth-order valence-corrected chi connectivity index (χ4v) is 13.2. The fraction of sp³-hybridized carbons (Fsp3) is 0.407. The van der Waals surface area contributed by atoms with Crippen LogP contribution in [-0.4, -0.2) is 92.3 Å². The molecule has 0 saturated carbocycles. The molecule has 504 valence electrons. The Balaban J connectivity index is 1.33. The van der Waals surface area contributed by atoms with Crippen molar-refractivity contribution in [1.82, 2.24) is 39.5 Å². The van der Waals surface area contributed by atoms with Crippen LogP contribution >= 0.6 is 0 Å². The summed E-state index contributed by atoms with van der Waals surface area (Å²) in [5.41, 5.74) is 4.56. The van der Waals surface area contributed by atoms with Gasteiger partial charge in [0, 0.05) is 50.1 Å². The number of unbranched alkanes of at least 4 members (excludes halogenated alkanes) is 8.